The summed E-state index contributed by atoms with van der Waals surface area (Å²) in [4.78, 5) is 23.5. The lowest BCUT2D eigenvalue weighted by Gasteiger charge is -2.12. The Hall–Kier alpha value is -3.22. The number of hydrogen-bond donors (Lipinski definition) is 2. The van der Waals surface area contributed by atoms with Crippen LogP contribution in [-0.4, -0.2) is 25.0 Å². The lowest BCUT2D eigenvalue weighted by molar-refractivity contribution is -0.117. The normalized spacial score (nSPS) is 10.5. The molecule has 7 heteroatoms. The van der Waals surface area contributed by atoms with E-state index in [-0.39, 0.29) is 5.76 Å². The second-order valence-corrected chi connectivity index (χ2v) is 5.24. The molecule has 2 amide bonds. The average Bonchev–Trinajstić information content (AvgIpc) is 3.18. The lowest BCUT2D eigenvalue weighted by atomic mass is 10.2. The van der Waals surface area contributed by atoms with Crippen molar-refractivity contribution in [1.82, 2.24) is 10.9 Å². The SMILES string of the molecule is CCCOc1ccc(/C=C/C(=O)NNC(=O)c2ccco2)cc1OCC. The molecule has 1 heterocycles. The summed E-state index contributed by atoms with van der Waals surface area (Å²) in [6, 6.07) is 8.49. The van der Waals surface area contributed by atoms with E-state index in [1.54, 1.807) is 24.3 Å². The Morgan fingerprint density at radius 1 is 1.12 bits per heavy atom. The Labute approximate surface area is 151 Å². The van der Waals surface area contributed by atoms with E-state index in [1.165, 1.54) is 18.4 Å². The number of carbonyl (C=O) groups is 2. The van der Waals surface area contributed by atoms with Crippen molar-refractivity contribution in [2.75, 3.05) is 13.2 Å². The molecule has 0 unspecified atom stereocenters. The molecule has 0 radical (unpaired) electrons. The number of ether oxygens (including phenoxy) is 2. The first kappa shape index (κ1) is 19.1. The topological polar surface area (TPSA) is 89.8 Å². The van der Waals surface area contributed by atoms with Crippen molar-refractivity contribution in [3.05, 3.63) is 54.0 Å². The van der Waals surface area contributed by atoms with E-state index in [1.807, 2.05) is 19.9 Å². The summed E-state index contributed by atoms with van der Waals surface area (Å²) in [6.45, 7) is 5.03. The summed E-state index contributed by atoms with van der Waals surface area (Å²) in [6.07, 6.45) is 5.19. The Kier molecular flexibility index (Phi) is 7.30. The number of nitrogens with one attached hydrogen (secondary N) is 2. The van der Waals surface area contributed by atoms with E-state index in [4.69, 9.17) is 13.9 Å². The monoisotopic (exact) mass is 358 g/mol. The van der Waals surface area contributed by atoms with Gasteiger partial charge in [-0.25, -0.2) is 0 Å². The summed E-state index contributed by atoms with van der Waals surface area (Å²) >= 11 is 0. The minimum Gasteiger partial charge on any atom is -0.490 e. The summed E-state index contributed by atoms with van der Waals surface area (Å²) in [5, 5.41) is 0. The zero-order valence-electron chi connectivity index (χ0n) is 14.8. The van der Waals surface area contributed by atoms with Gasteiger partial charge in [0.15, 0.2) is 17.3 Å². The molecule has 7 nitrogen and oxygen atoms in total. The van der Waals surface area contributed by atoms with Gasteiger partial charge in [0.25, 0.3) is 5.91 Å². The van der Waals surface area contributed by atoms with Gasteiger partial charge in [0.1, 0.15) is 0 Å². The van der Waals surface area contributed by atoms with Crippen molar-refractivity contribution < 1.29 is 23.5 Å². The van der Waals surface area contributed by atoms with Crippen LogP contribution in [0.25, 0.3) is 6.08 Å². The summed E-state index contributed by atoms with van der Waals surface area (Å²) < 4.78 is 16.1. The molecule has 0 aliphatic carbocycles. The minimum absolute atomic E-state index is 0.110. The van der Waals surface area contributed by atoms with Crippen molar-refractivity contribution in [2.24, 2.45) is 0 Å². The zero-order chi connectivity index (χ0) is 18.8. The number of benzene rings is 1. The van der Waals surface area contributed by atoms with Gasteiger partial charge >= 0.3 is 5.91 Å². The average molecular weight is 358 g/mol. The number of rotatable bonds is 8. The highest BCUT2D eigenvalue weighted by Crippen LogP contribution is 2.29. The van der Waals surface area contributed by atoms with E-state index in [2.05, 4.69) is 10.9 Å². The second-order valence-electron chi connectivity index (χ2n) is 5.24. The van der Waals surface area contributed by atoms with Crippen LogP contribution in [-0.2, 0) is 4.79 Å². The Balaban J connectivity index is 1.94. The highest BCUT2D eigenvalue weighted by molar-refractivity contribution is 5.96. The molecule has 2 N–H and O–H groups in total. The maximum atomic E-state index is 11.8. The quantitative estimate of drug-likeness (QED) is 0.559. The number of hydrogen-bond acceptors (Lipinski definition) is 5. The molecule has 2 aromatic rings. The van der Waals surface area contributed by atoms with Crippen LogP contribution in [0.3, 0.4) is 0 Å². The zero-order valence-corrected chi connectivity index (χ0v) is 14.8. The lowest BCUT2D eigenvalue weighted by Crippen LogP contribution is -2.40. The van der Waals surface area contributed by atoms with Gasteiger partial charge in [-0.15, -0.1) is 0 Å². The fourth-order valence-corrected chi connectivity index (χ4v) is 2.03. The van der Waals surface area contributed by atoms with Gasteiger partial charge in [-0.05, 0) is 49.2 Å². The standard InChI is InChI=1S/C19H22N2O5/c1-3-11-25-15-9-7-14(13-17(15)24-4-2)8-10-18(22)20-21-19(23)16-6-5-12-26-16/h5-10,12-13H,3-4,11H2,1-2H3,(H,20,22)(H,21,23)/b10-8+. The van der Waals surface area contributed by atoms with Crippen LogP contribution in [0, 0.1) is 0 Å². The molecule has 0 fully saturated rings. The van der Waals surface area contributed by atoms with Crippen LogP contribution < -0.4 is 20.3 Å². The molecule has 0 aliphatic heterocycles. The Morgan fingerprint density at radius 3 is 2.65 bits per heavy atom. The van der Waals surface area contributed by atoms with E-state index < -0.39 is 11.8 Å². The van der Waals surface area contributed by atoms with Crippen LogP contribution in [0.15, 0.2) is 47.1 Å². The number of furan rings is 1. The van der Waals surface area contributed by atoms with Crippen LogP contribution in [0.4, 0.5) is 0 Å². The molecular weight excluding hydrogens is 336 g/mol. The van der Waals surface area contributed by atoms with Gasteiger partial charge in [0, 0.05) is 6.08 Å². The van der Waals surface area contributed by atoms with E-state index >= 15 is 0 Å². The largest absolute Gasteiger partial charge is 0.490 e. The third-order valence-electron chi connectivity index (χ3n) is 3.20. The molecule has 26 heavy (non-hydrogen) atoms. The third kappa shape index (κ3) is 5.70. The van der Waals surface area contributed by atoms with Crippen LogP contribution >= 0.6 is 0 Å². The van der Waals surface area contributed by atoms with Crippen molar-refractivity contribution in [3.8, 4) is 11.5 Å². The molecular formula is C19H22N2O5. The number of amides is 2. The van der Waals surface area contributed by atoms with Crippen molar-refractivity contribution >= 4 is 17.9 Å². The second kappa shape index (κ2) is 9.93. The van der Waals surface area contributed by atoms with Gasteiger partial charge in [0.05, 0.1) is 19.5 Å². The smallest absolute Gasteiger partial charge is 0.305 e. The molecule has 0 aliphatic rings. The Bertz CT molecular complexity index is 753. The molecule has 0 spiro atoms. The predicted octanol–water partition coefficient (Wildman–Crippen LogP) is 2.94. The minimum atomic E-state index is -0.534. The van der Waals surface area contributed by atoms with Crippen molar-refractivity contribution in [1.29, 1.82) is 0 Å². The first-order valence-electron chi connectivity index (χ1n) is 8.35. The molecule has 0 bridgehead atoms. The van der Waals surface area contributed by atoms with Gasteiger partial charge < -0.3 is 13.9 Å². The van der Waals surface area contributed by atoms with Crippen LogP contribution in [0.5, 0.6) is 11.5 Å². The van der Waals surface area contributed by atoms with E-state index in [0.29, 0.717) is 24.7 Å². The van der Waals surface area contributed by atoms with Crippen LogP contribution in [0.2, 0.25) is 0 Å². The Morgan fingerprint density at radius 2 is 1.96 bits per heavy atom. The molecule has 1 aromatic carbocycles. The summed E-state index contributed by atoms with van der Waals surface area (Å²) in [5.74, 6) is 0.385. The van der Waals surface area contributed by atoms with E-state index in [9.17, 15) is 9.59 Å². The van der Waals surface area contributed by atoms with Crippen LogP contribution in [0.1, 0.15) is 36.4 Å². The fourth-order valence-electron chi connectivity index (χ4n) is 2.03. The van der Waals surface area contributed by atoms with Gasteiger partial charge in [-0.2, -0.15) is 0 Å². The molecule has 0 atom stereocenters. The first-order chi connectivity index (χ1) is 12.6. The van der Waals surface area contributed by atoms with Gasteiger partial charge in [-0.3, -0.25) is 20.4 Å². The third-order valence-corrected chi connectivity index (χ3v) is 3.20. The summed E-state index contributed by atoms with van der Waals surface area (Å²) in [5.41, 5.74) is 5.30. The van der Waals surface area contributed by atoms with Gasteiger partial charge in [-0.1, -0.05) is 13.0 Å². The highest BCUT2D eigenvalue weighted by atomic mass is 16.5. The number of carbonyl (C=O) groups excluding carboxylic acids is 2. The fraction of sp³-hybridized carbons (Fsp3) is 0.263. The molecule has 0 saturated heterocycles. The molecule has 2 rings (SSSR count). The molecule has 0 saturated carbocycles. The van der Waals surface area contributed by atoms with E-state index in [0.717, 1.165) is 12.0 Å². The predicted molar refractivity (Wildman–Crippen MR) is 96.7 cm³/mol. The highest BCUT2D eigenvalue weighted by Gasteiger charge is 2.08. The molecule has 138 valence electrons. The number of hydrazine groups is 1. The summed E-state index contributed by atoms with van der Waals surface area (Å²) in [7, 11) is 0. The first-order valence-corrected chi connectivity index (χ1v) is 8.35. The maximum absolute atomic E-state index is 11.8. The van der Waals surface area contributed by atoms with Crippen molar-refractivity contribution in [2.45, 2.75) is 20.3 Å². The maximum Gasteiger partial charge on any atom is 0.305 e. The molecule has 1 aromatic heterocycles. The van der Waals surface area contributed by atoms with Gasteiger partial charge in [0.2, 0.25) is 0 Å². The van der Waals surface area contributed by atoms with Crippen molar-refractivity contribution in [3.63, 3.8) is 0 Å².